The number of piperazine rings is 1. The highest BCUT2D eigenvalue weighted by atomic mass is 35.5. The average molecular weight is 426 g/mol. The number of methoxy groups -OCH3 is 1. The number of hydrogen-bond donors (Lipinski definition) is 2. The highest BCUT2D eigenvalue weighted by molar-refractivity contribution is 6.31. The van der Waals surface area contributed by atoms with Crippen LogP contribution in [0.1, 0.15) is 38.7 Å². The Labute approximate surface area is 180 Å². The minimum absolute atomic E-state index is 0.0666. The Morgan fingerprint density at radius 1 is 1.17 bits per heavy atom. The van der Waals surface area contributed by atoms with Crippen LogP contribution in [0.5, 0.6) is 11.5 Å². The van der Waals surface area contributed by atoms with Crippen molar-refractivity contribution < 1.29 is 14.9 Å². The van der Waals surface area contributed by atoms with Crippen molar-refractivity contribution in [3.05, 3.63) is 22.7 Å². The highest BCUT2D eigenvalue weighted by Gasteiger charge is 2.34. The largest absolute Gasteiger partial charge is 0.504 e. The zero-order chi connectivity index (χ0) is 21.0. The van der Waals surface area contributed by atoms with E-state index in [0.717, 1.165) is 51.3 Å². The lowest BCUT2D eigenvalue weighted by molar-refractivity contribution is -0.0000388. The number of benzene rings is 1. The summed E-state index contributed by atoms with van der Waals surface area (Å²) < 4.78 is 5.24. The molecule has 0 radical (unpaired) electrons. The average Bonchev–Trinajstić information content (AvgIpc) is 2.70. The Balaban J connectivity index is 1.63. The number of phenolic OH excluding ortho intramolecular Hbond substituents is 1. The maximum absolute atomic E-state index is 9.90. The second-order valence-corrected chi connectivity index (χ2v) is 9.02. The molecule has 0 amide bonds. The Bertz CT molecular complexity index is 665. The molecule has 7 heteroatoms. The van der Waals surface area contributed by atoms with E-state index in [9.17, 15) is 10.2 Å². The van der Waals surface area contributed by atoms with Crippen LogP contribution < -0.4 is 4.74 Å². The molecule has 2 N–H and O–H groups in total. The van der Waals surface area contributed by atoms with Gasteiger partial charge < -0.3 is 19.8 Å². The molecular weight excluding hydrogens is 390 g/mol. The van der Waals surface area contributed by atoms with Gasteiger partial charge in [-0.2, -0.15) is 0 Å². The number of aliphatic hydroxyl groups excluding tert-OH is 1. The molecule has 6 nitrogen and oxygen atoms in total. The van der Waals surface area contributed by atoms with Crippen molar-refractivity contribution in [2.24, 2.45) is 0 Å². The molecule has 2 heterocycles. The molecule has 0 spiro atoms. The molecule has 1 aromatic carbocycles. The van der Waals surface area contributed by atoms with E-state index in [4.69, 9.17) is 16.3 Å². The number of rotatable bonds is 7. The van der Waals surface area contributed by atoms with E-state index in [1.165, 1.54) is 12.8 Å². The highest BCUT2D eigenvalue weighted by Crippen LogP contribution is 2.33. The molecule has 2 fully saturated rings. The molecule has 2 saturated heterocycles. The maximum atomic E-state index is 9.90. The van der Waals surface area contributed by atoms with Crippen LogP contribution in [0.25, 0.3) is 0 Å². The van der Waals surface area contributed by atoms with E-state index in [2.05, 4.69) is 28.5 Å². The van der Waals surface area contributed by atoms with Crippen molar-refractivity contribution in [3.63, 3.8) is 0 Å². The molecule has 1 aromatic rings. The molecule has 0 saturated carbocycles. The number of aromatic hydroxyl groups is 1. The summed E-state index contributed by atoms with van der Waals surface area (Å²) >= 11 is 6.37. The molecular formula is C22H36ClN3O3. The van der Waals surface area contributed by atoms with E-state index in [1.54, 1.807) is 13.2 Å². The summed E-state index contributed by atoms with van der Waals surface area (Å²) in [5.41, 5.74) is 0.961. The van der Waals surface area contributed by atoms with Crippen LogP contribution in [0.3, 0.4) is 0 Å². The Hall–Kier alpha value is -1.05. The Kier molecular flexibility index (Phi) is 8.05. The van der Waals surface area contributed by atoms with Crippen LogP contribution in [0.15, 0.2) is 12.1 Å². The second kappa shape index (κ2) is 10.3. The van der Waals surface area contributed by atoms with Crippen molar-refractivity contribution in [3.8, 4) is 11.5 Å². The topological polar surface area (TPSA) is 59.4 Å². The van der Waals surface area contributed by atoms with Gasteiger partial charge in [-0.3, -0.25) is 9.80 Å². The fourth-order valence-corrected chi connectivity index (χ4v) is 5.03. The summed E-state index contributed by atoms with van der Waals surface area (Å²) in [6.45, 7) is 10.7. The first-order valence-electron chi connectivity index (χ1n) is 10.8. The number of nitrogens with zero attached hydrogens (tertiary/aromatic N) is 3. The summed E-state index contributed by atoms with van der Waals surface area (Å²) in [6, 6.07) is 4.98. The Morgan fingerprint density at radius 3 is 2.52 bits per heavy atom. The molecule has 1 unspecified atom stereocenters. The number of piperidine rings is 1. The van der Waals surface area contributed by atoms with Crippen molar-refractivity contribution in [1.82, 2.24) is 14.7 Å². The minimum Gasteiger partial charge on any atom is -0.504 e. The summed E-state index contributed by atoms with van der Waals surface area (Å²) in [5, 5.41) is 20.1. The lowest BCUT2D eigenvalue weighted by Crippen LogP contribution is -2.58. The molecule has 2 aliphatic heterocycles. The van der Waals surface area contributed by atoms with Gasteiger partial charge in [0, 0.05) is 62.0 Å². The van der Waals surface area contributed by atoms with Gasteiger partial charge in [0.25, 0.3) is 0 Å². The van der Waals surface area contributed by atoms with E-state index in [1.807, 2.05) is 6.07 Å². The minimum atomic E-state index is 0.0666. The first-order valence-corrected chi connectivity index (χ1v) is 11.2. The number of phenols is 1. The monoisotopic (exact) mass is 425 g/mol. The van der Waals surface area contributed by atoms with Crippen molar-refractivity contribution in [2.45, 2.75) is 57.8 Å². The fourth-order valence-electron chi connectivity index (χ4n) is 4.81. The fraction of sp³-hybridized carbons (Fsp3) is 0.727. The molecule has 2 aliphatic rings. The lowest BCUT2D eigenvalue weighted by atomic mass is 9.97. The van der Waals surface area contributed by atoms with Crippen LogP contribution >= 0.6 is 11.6 Å². The van der Waals surface area contributed by atoms with Gasteiger partial charge >= 0.3 is 0 Å². The first kappa shape index (κ1) is 22.6. The van der Waals surface area contributed by atoms with E-state index < -0.39 is 0 Å². The Morgan fingerprint density at radius 2 is 1.90 bits per heavy atom. The van der Waals surface area contributed by atoms with Crippen molar-refractivity contribution in [1.29, 1.82) is 0 Å². The molecule has 1 atom stereocenters. The predicted octanol–water partition coefficient (Wildman–Crippen LogP) is 2.80. The summed E-state index contributed by atoms with van der Waals surface area (Å²) in [6.07, 6.45) is 3.22. The van der Waals surface area contributed by atoms with Gasteiger partial charge in [-0.1, -0.05) is 11.6 Å². The summed E-state index contributed by atoms with van der Waals surface area (Å²) in [4.78, 5) is 7.61. The molecule has 29 heavy (non-hydrogen) atoms. The van der Waals surface area contributed by atoms with Gasteiger partial charge in [-0.05, 0) is 57.8 Å². The predicted molar refractivity (Wildman–Crippen MR) is 117 cm³/mol. The van der Waals surface area contributed by atoms with Crippen LogP contribution in [-0.4, -0.2) is 89.5 Å². The third-order valence-corrected chi connectivity index (χ3v) is 6.87. The normalized spacial score (nSPS) is 23.0. The zero-order valence-electron chi connectivity index (χ0n) is 18.0. The third kappa shape index (κ3) is 5.56. The summed E-state index contributed by atoms with van der Waals surface area (Å²) in [7, 11) is 1.55. The zero-order valence-corrected chi connectivity index (χ0v) is 18.7. The second-order valence-electron chi connectivity index (χ2n) is 8.62. The number of halogens is 1. The van der Waals surface area contributed by atoms with Gasteiger partial charge in [0.05, 0.1) is 7.11 Å². The number of hydrogen-bond acceptors (Lipinski definition) is 6. The van der Waals surface area contributed by atoms with Gasteiger partial charge in [0.15, 0.2) is 11.5 Å². The lowest BCUT2D eigenvalue weighted by Gasteiger charge is -2.48. The molecule has 0 bridgehead atoms. The van der Waals surface area contributed by atoms with Crippen LogP contribution in [0.2, 0.25) is 5.02 Å². The number of aliphatic hydroxyl groups is 1. The van der Waals surface area contributed by atoms with E-state index >= 15 is 0 Å². The van der Waals surface area contributed by atoms with Crippen molar-refractivity contribution >= 4 is 11.6 Å². The SMILES string of the molecule is COc1cc(CN2CCN(C3CCN(C(C)C)CC3)C(CCO)C2)c(Cl)cc1O. The third-order valence-electron chi connectivity index (χ3n) is 6.51. The molecule has 164 valence electrons. The number of likely N-dealkylation sites (tertiary alicyclic amines) is 1. The van der Waals surface area contributed by atoms with Crippen LogP contribution in [-0.2, 0) is 6.54 Å². The van der Waals surface area contributed by atoms with Gasteiger partial charge in [0.2, 0.25) is 0 Å². The van der Waals surface area contributed by atoms with Gasteiger partial charge in [-0.25, -0.2) is 0 Å². The van der Waals surface area contributed by atoms with Gasteiger partial charge in [0.1, 0.15) is 0 Å². The van der Waals surface area contributed by atoms with Crippen LogP contribution in [0.4, 0.5) is 0 Å². The summed E-state index contributed by atoms with van der Waals surface area (Å²) in [5.74, 6) is 0.517. The van der Waals surface area contributed by atoms with E-state index in [0.29, 0.717) is 28.9 Å². The quantitative estimate of drug-likeness (QED) is 0.700. The van der Waals surface area contributed by atoms with E-state index in [-0.39, 0.29) is 12.4 Å². The van der Waals surface area contributed by atoms with Crippen molar-refractivity contribution in [2.75, 3.05) is 46.4 Å². The number of ether oxygens (including phenoxy) is 1. The first-order chi connectivity index (χ1) is 13.9. The smallest absolute Gasteiger partial charge is 0.160 e. The molecule has 0 aliphatic carbocycles. The molecule has 3 rings (SSSR count). The van der Waals surface area contributed by atoms with Crippen LogP contribution in [0, 0.1) is 0 Å². The molecule has 0 aromatic heterocycles. The van der Waals surface area contributed by atoms with Gasteiger partial charge in [-0.15, -0.1) is 0 Å². The maximum Gasteiger partial charge on any atom is 0.160 e. The standard InChI is InChI=1S/C22H36ClN3O3/c1-16(2)25-7-4-18(5-8-25)26-10-9-24(15-19(26)6-11-27)14-17-12-22(29-3)21(28)13-20(17)23/h12-13,16,18-19,27-28H,4-11,14-15H2,1-3H3.